The lowest BCUT2D eigenvalue weighted by molar-refractivity contribution is -0.119. The van der Waals surface area contributed by atoms with E-state index in [9.17, 15) is 9.59 Å². The lowest BCUT2D eigenvalue weighted by Gasteiger charge is -2.25. The number of hydrogen-bond acceptors (Lipinski definition) is 2. The van der Waals surface area contributed by atoms with Crippen LogP contribution >= 0.6 is 34.2 Å². The molecule has 2 amide bonds. The molecule has 0 aliphatic heterocycles. The summed E-state index contributed by atoms with van der Waals surface area (Å²) in [5.74, 6) is -0.782. The molecule has 2 N–H and O–H groups in total. The molecule has 0 aromatic heterocycles. The number of nitrogens with two attached hydrogens (primary N) is 1. The van der Waals surface area contributed by atoms with Crippen molar-refractivity contribution in [3.63, 3.8) is 0 Å². The first kappa shape index (κ1) is 15.2. The number of benzene rings is 1. The highest BCUT2D eigenvalue weighted by Crippen LogP contribution is 2.20. The maximum atomic E-state index is 12.2. The number of primary amides is 1. The van der Waals surface area contributed by atoms with Gasteiger partial charge in [0.2, 0.25) is 5.91 Å². The van der Waals surface area contributed by atoms with Crippen molar-refractivity contribution in [3.05, 3.63) is 32.4 Å². The second kappa shape index (κ2) is 6.38. The van der Waals surface area contributed by atoms with Crippen molar-refractivity contribution in [2.45, 2.75) is 19.9 Å². The van der Waals surface area contributed by atoms with Crippen LogP contribution in [0.4, 0.5) is 0 Å². The minimum atomic E-state index is -0.534. The van der Waals surface area contributed by atoms with Crippen molar-refractivity contribution >= 4 is 46.0 Å². The van der Waals surface area contributed by atoms with Crippen LogP contribution in [-0.4, -0.2) is 29.3 Å². The van der Waals surface area contributed by atoms with Gasteiger partial charge < -0.3 is 10.6 Å². The molecule has 0 heterocycles. The molecule has 0 spiro atoms. The van der Waals surface area contributed by atoms with E-state index in [0.29, 0.717) is 10.6 Å². The number of halogens is 2. The lowest BCUT2D eigenvalue weighted by Crippen LogP contribution is -2.42. The molecule has 0 unspecified atom stereocenters. The number of carbonyl (C=O) groups is 2. The summed E-state index contributed by atoms with van der Waals surface area (Å²) in [5.41, 5.74) is 5.59. The van der Waals surface area contributed by atoms with Gasteiger partial charge in [0.1, 0.15) is 0 Å². The van der Waals surface area contributed by atoms with E-state index in [1.807, 2.05) is 13.8 Å². The van der Waals surface area contributed by atoms with Crippen LogP contribution in [0.5, 0.6) is 0 Å². The van der Waals surface area contributed by atoms with Crippen molar-refractivity contribution in [2.75, 3.05) is 6.54 Å². The molecule has 0 bridgehead atoms. The zero-order chi connectivity index (χ0) is 13.9. The molecular weight excluding hydrogens is 367 g/mol. The van der Waals surface area contributed by atoms with Crippen LogP contribution in [0.1, 0.15) is 24.2 Å². The van der Waals surface area contributed by atoms with Crippen LogP contribution in [0.25, 0.3) is 0 Å². The third-order valence-corrected chi connectivity index (χ3v) is 3.95. The number of nitrogens with zero attached hydrogens (tertiary/aromatic N) is 1. The van der Waals surface area contributed by atoms with E-state index in [-0.39, 0.29) is 18.5 Å². The first-order valence-corrected chi connectivity index (χ1v) is 6.83. The van der Waals surface area contributed by atoms with Gasteiger partial charge in [0.05, 0.1) is 11.6 Å². The van der Waals surface area contributed by atoms with Gasteiger partial charge in [-0.2, -0.15) is 0 Å². The number of rotatable bonds is 4. The van der Waals surface area contributed by atoms with E-state index in [1.165, 1.54) is 4.90 Å². The Morgan fingerprint density at radius 2 is 2.06 bits per heavy atom. The summed E-state index contributed by atoms with van der Waals surface area (Å²) in [4.78, 5) is 24.6. The Bertz CT molecular complexity index is 477. The van der Waals surface area contributed by atoms with Crippen LogP contribution in [0, 0.1) is 3.57 Å². The highest BCUT2D eigenvalue weighted by Gasteiger charge is 2.20. The fourth-order valence-electron chi connectivity index (χ4n) is 1.45. The number of carbonyl (C=O) groups excluding carboxylic acids is 2. The predicted molar refractivity (Wildman–Crippen MR) is 79.5 cm³/mol. The van der Waals surface area contributed by atoms with Crippen molar-refractivity contribution in [1.82, 2.24) is 4.90 Å². The molecule has 1 rings (SSSR count). The zero-order valence-electron chi connectivity index (χ0n) is 10.1. The molecule has 0 radical (unpaired) electrons. The fraction of sp³-hybridized carbons (Fsp3) is 0.333. The minimum absolute atomic E-state index is 0.0971. The van der Waals surface area contributed by atoms with Crippen LogP contribution in [0.3, 0.4) is 0 Å². The standard InChI is InChI=1S/C12H14ClIN2O2/c1-7(2)16(6-11(15)17)12(18)8-3-4-10(14)9(13)5-8/h3-5,7H,6H2,1-2H3,(H2,15,17). The average Bonchev–Trinajstić information content (AvgIpc) is 2.28. The van der Waals surface area contributed by atoms with Gasteiger partial charge in [0, 0.05) is 15.2 Å². The zero-order valence-corrected chi connectivity index (χ0v) is 13.0. The Balaban J connectivity index is 3.02. The van der Waals surface area contributed by atoms with Crippen molar-refractivity contribution < 1.29 is 9.59 Å². The van der Waals surface area contributed by atoms with E-state index in [2.05, 4.69) is 22.6 Å². The van der Waals surface area contributed by atoms with Gasteiger partial charge in [-0.05, 0) is 54.6 Å². The van der Waals surface area contributed by atoms with E-state index in [0.717, 1.165) is 3.57 Å². The Morgan fingerprint density at radius 1 is 1.44 bits per heavy atom. The molecule has 6 heteroatoms. The molecule has 0 atom stereocenters. The molecule has 1 aromatic carbocycles. The Labute approximate surface area is 125 Å². The van der Waals surface area contributed by atoms with Gasteiger partial charge in [-0.25, -0.2) is 0 Å². The largest absolute Gasteiger partial charge is 0.368 e. The van der Waals surface area contributed by atoms with Crippen LogP contribution in [0.2, 0.25) is 5.02 Å². The molecule has 98 valence electrons. The summed E-state index contributed by atoms with van der Waals surface area (Å²) in [6.45, 7) is 3.56. The highest BCUT2D eigenvalue weighted by molar-refractivity contribution is 14.1. The SMILES string of the molecule is CC(C)N(CC(N)=O)C(=O)c1ccc(I)c(Cl)c1. The molecule has 0 saturated carbocycles. The molecule has 1 aromatic rings. The molecule has 0 saturated heterocycles. The maximum Gasteiger partial charge on any atom is 0.254 e. The van der Waals surface area contributed by atoms with Crippen molar-refractivity contribution in [2.24, 2.45) is 5.73 Å². The van der Waals surface area contributed by atoms with Gasteiger partial charge in [0.25, 0.3) is 5.91 Å². The highest BCUT2D eigenvalue weighted by atomic mass is 127. The van der Waals surface area contributed by atoms with E-state index >= 15 is 0 Å². The third-order valence-electron chi connectivity index (χ3n) is 2.38. The van der Waals surface area contributed by atoms with Crippen LogP contribution in [0.15, 0.2) is 18.2 Å². The normalized spacial score (nSPS) is 10.5. The molecule has 4 nitrogen and oxygen atoms in total. The molecular formula is C12H14ClIN2O2. The summed E-state index contributed by atoms with van der Waals surface area (Å²) < 4.78 is 0.872. The summed E-state index contributed by atoms with van der Waals surface area (Å²) in [5, 5.41) is 0.518. The van der Waals surface area contributed by atoms with Crippen LogP contribution in [-0.2, 0) is 4.79 Å². The molecule has 18 heavy (non-hydrogen) atoms. The molecule has 0 aliphatic rings. The van der Waals surface area contributed by atoms with E-state index in [4.69, 9.17) is 17.3 Å². The summed E-state index contributed by atoms with van der Waals surface area (Å²) in [7, 11) is 0. The summed E-state index contributed by atoms with van der Waals surface area (Å²) >= 11 is 8.06. The first-order chi connectivity index (χ1) is 8.32. The van der Waals surface area contributed by atoms with E-state index in [1.54, 1.807) is 18.2 Å². The van der Waals surface area contributed by atoms with Gasteiger partial charge in [-0.3, -0.25) is 9.59 Å². The molecule has 0 aliphatic carbocycles. The quantitative estimate of drug-likeness (QED) is 0.815. The average molecular weight is 381 g/mol. The smallest absolute Gasteiger partial charge is 0.254 e. The third kappa shape index (κ3) is 3.84. The fourth-order valence-corrected chi connectivity index (χ4v) is 1.97. The summed E-state index contributed by atoms with van der Waals surface area (Å²) in [6, 6.07) is 4.94. The van der Waals surface area contributed by atoms with Crippen molar-refractivity contribution in [3.8, 4) is 0 Å². The second-order valence-electron chi connectivity index (χ2n) is 4.12. The number of hydrogen-bond donors (Lipinski definition) is 1. The lowest BCUT2D eigenvalue weighted by atomic mass is 10.1. The Hall–Kier alpha value is -0.820. The summed E-state index contributed by atoms with van der Waals surface area (Å²) in [6.07, 6.45) is 0. The van der Waals surface area contributed by atoms with Gasteiger partial charge in [-0.15, -0.1) is 0 Å². The predicted octanol–water partition coefficient (Wildman–Crippen LogP) is 2.28. The monoisotopic (exact) mass is 380 g/mol. The first-order valence-electron chi connectivity index (χ1n) is 5.37. The van der Waals surface area contributed by atoms with Gasteiger partial charge in [0.15, 0.2) is 0 Å². The van der Waals surface area contributed by atoms with Crippen molar-refractivity contribution in [1.29, 1.82) is 0 Å². The Kier molecular flexibility index (Phi) is 5.40. The van der Waals surface area contributed by atoms with Gasteiger partial charge in [-0.1, -0.05) is 11.6 Å². The van der Waals surface area contributed by atoms with E-state index < -0.39 is 5.91 Å². The topological polar surface area (TPSA) is 63.4 Å². The number of amides is 2. The van der Waals surface area contributed by atoms with Crippen LogP contribution < -0.4 is 5.73 Å². The second-order valence-corrected chi connectivity index (χ2v) is 5.69. The Morgan fingerprint density at radius 3 is 2.50 bits per heavy atom. The van der Waals surface area contributed by atoms with Gasteiger partial charge >= 0.3 is 0 Å². The maximum absolute atomic E-state index is 12.2. The molecule has 0 fully saturated rings. The minimum Gasteiger partial charge on any atom is -0.368 e.